The Balaban J connectivity index is 2.21. The van der Waals surface area contributed by atoms with E-state index in [2.05, 4.69) is 0 Å². The molecule has 6 heteroatoms. The van der Waals surface area contributed by atoms with Gasteiger partial charge < -0.3 is 14.2 Å². The van der Waals surface area contributed by atoms with Crippen molar-refractivity contribution in [1.82, 2.24) is 0 Å². The smallest absolute Gasteiger partial charge is 0.342 e. The maximum absolute atomic E-state index is 12.5. The number of ketones is 1. The van der Waals surface area contributed by atoms with Crippen LogP contribution in [0.5, 0.6) is 11.5 Å². The molecular weight excluding hydrogens is 352 g/mol. The summed E-state index contributed by atoms with van der Waals surface area (Å²) in [5.41, 5.74) is 1.54. The molecule has 0 spiro atoms. The van der Waals surface area contributed by atoms with E-state index in [-0.39, 0.29) is 12.4 Å². The molecule has 0 atom stereocenters. The lowest BCUT2D eigenvalue weighted by molar-refractivity contribution is 0.0466. The van der Waals surface area contributed by atoms with Gasteiger partial charge in [0.15, 0.2) is 5.78 Å². The molecule has 26 heavy (non-hydrogen) atoms. The Labute approximate surface area is 157 Å². The fourth-order valence-corrected chi connectivity index (χ4v) is 2.82. The first kappa shape index (κ1) is 19.8. The number of carbonyl (C=O) groups is 2. The van der Waals surface area contributed by atoms with Gasteiger partial charge in [-0.3, -0.25) is 4.79 Å². The summed E-state index contributed by atoms with van der Waals surface area (Å²) in [4.78, 5) is 25.1. The number of esters is 1. The van der Waals surface area contributed by atoms with Gasteiger partial charge in [-0.05, 0) is 56.5 Å². The van der Waals surface area contributed by atoms with Crippen LogP contribution in [0.15, 0.2) is 41.3 Å². The number of rotatable bonds is 8. The van der Waals surface area contributed by atoms with Gasteiger partial charge >= 0.3 is 5.97 Å². The molecule has 0 unspecified atom stereocenters. The third-order valence-electron chi connectivity index (χ3n) is 3.75. The van der Waals surface area contributed by atoms with E-state index in [0.29, 0.717) is 34.8 Å². The molecule has 0 heterocycles. The molecule has 0 radical (unpaired) electrons. The average Bonchev–Trinajstić information content (AvgIpc) is 2.66. The third-order valence-corrected chi connectivity index (χ3v) is 4.48. The van der Waals surface area contributed by atoms with E-state index in [1.165, 1.54) is 14.0 Å². The van der Waals surface area contributed by atoms with Gasteiger partial charge in [0.05, 0.1) is 13.7 Å². The number of Topliss-reactive ketones (excluding diaryl/α,β-unsaturated/α-hetero) is 1. The molecule has 138 valence electrons. The van der Waals surface area contributed by atoms with Crippen LogP contribution in [0.2, 0.25) is 0 Å². The van der Waals surface area contributed by atoms with E-state index in [0.717, 1.165) is 4.90 Å². The summed E-state index contributed by atoms with van der Waals surface area (Å²) in [6, 6.07) is 10.4. The van der Waals surface area contributed by atoms with Crippen molar-refractivity contribution in [2.45, 2.75) is 25.3 Å². The SMILES string of the molecule is CCOc1ccc(C(C)=O)cc1COC(=O)c1ccc(SC)cc1OC. The number of carbonyl (C=O) groups excluding carboxylic acids is 2. The van der Waals surface area contributed by atoms with Crippen LogP contribution in [0.25, 0.3) is 0 Å². The van der Waals surface area contributed by atoms with Crippen molar-refractivity contribution in [3.05, 3.63) is 53.1 Å². The summed E-state index contributed by atoms with van der Waals surface area (Å²) in [7, 11) is 1.51. The molecule has 0 saturated carbocycles. The zero-order valence-corrected chi connectivity index (χ0v) is 16.1. The Morgan fingerprint density at radius 1 is 1.08 bits per heavy atom. The number of methoxy groups -OCH3 is 1. The average molecular weight is 374 g/mol. The van der Waals surface area contributed by atoms with Crippen molar-refractivity contribution in [2.75, 3.05) is 20.0 Å². The van der Waals surface area contributed by atoms with Crippen molar-refractivity contribution >= 4 is 23.5 Å². The summed E-state index contributed by atoms with van der Waals surface area (Å²) >= 11 is 1.56. The Morgan fingerprint density at radius 3 is 2.46 bits per heavy atom. The predicted octanol–water partition coefficient (Wildman–Crippen LogP) is 4.38. The lowest BCUT2D eigenvalue weighted by Crippen LogP contribution is -2.09. The van der Waals surface area contributed by atoms with Gasteiger partial charge in [-0.15, -0.1) is 11.8 Å². The van der Waals surface area contributed by atoms with Crippen LogP contribution >= 0.6 is 11.8 Å². The highest BCUT2D eigenvalue weighted by Gasteiger charge is 2.16. The van der Waals surface area contributed by atoms with Gasteiger partial charge in [0.1, 0.15) is 23.7 Å². The minimum Gasteiger partial charge on any atom is -0.496 e. The van der Waals surface area contributed by atoms with Crippen molar-refractivity contribution in [3.8, 4) is 11.5 Å². The largest absolute Gasteiger partial charge is 0.496 e. The molecule has 2 rings (SSSR count). The van der Waals surface area contributed by atoms with Gasteiger partial charge in [-0.2, -0.15) is 0 Å². The molecule has 0 fully saturated rings. The minimum absolute atomic E-state index is 0.00270. The van der Waals surface area contributed by atoms with E-state index in [1.807, 2.05) is 19.2 Å². The van der Waals surface area contributed by atoms with Gasteiger partial charge in [0, 0.05) is 16.0 Å². The highest BCUT2D eigenvalue weighted by atomic mass is 32.2. The van der Waals surface area contributed by atoms with E-state index >= 15 is 0 Å². The highest BCUT2D eigenvalue weighted by molar-refractivity contribution is 7.98. The van der Waals surface area contributed by atoms with E-state index in [9.17, 15) is 9.59 Å². The molecule has 2 aromatic carbocycles. The molecule has 0 aromatic heterocycles. The zero-order chi connectivity index (χ0) is 19.1. The predicted molar refractivity (Wildman–Crippen MR) is 102 cm³/mol. The molecule has 0 saturated heterocycles. The van der Waals surface area contributed by atoms with E-state index in [1.54, 1.807) is 42.1 Å². The molecule has 0 N–H and O–H groups in total. The summed E-state index contributed by atoms with van der Waals surface area (Å²) in [6.45, 7) is 3.84. The monoisotopic (exact) mass is 374 g/mol. The first-order valence-corrected chi connectivity index (χ1v) is 9.38. The number of hydrogen-bond acceptors (Lipinski definition) is 6. The van der Waals surface area contributed by atoms with Crippen LogP contribution < -0.4 is 9.47 Å². The lowest BCUT2D eigenvalue weighted by Gasteiger charge is -2.13. The Hall–Kier alpha value is -2.47. The summed E-state index contributed by atoms with van der Waals surface area (Å²) in [5.74, 6) is 0.500. The maximum Gasteiger partial charge on any atom is 0.342 e. The van der Waals surface area contributed by atoms with Gasteiger partial charge in [-0.25, -0.2) is 4.79 Å². The minimum atomic E-state index is -0.495. The normalized spacial score (nSPS) is 10.3. The van der Waals surface area contributed by atoms with Crippen LogP contribution in [-0.4, -0.2) is 31.7 Å². The van der Waals surface area contributed by atoms with E-state index in [4.69, 9.17) is 14.2 Å². The fourth-order valence-electron chi connectivity index (χ4n) is 2.40. The van der Waals surface area contributed by atoms with Crippen molar-refractivity contribution in [1.29, 1.82) is 0 Å². The van der Waals surface area contributed by atoms with E-state index < -0.39 is 5.97 Å². The quantitative estimate of drug-likeness (QED) is 0.388. The molecule has 0 aliphatic rings. The van der Waals surface area contributed by atoms with Crippen LogP contribution in [0.3, 0.4) is 0 Å². The molecule has 0 bridgehead atoms. The van der Waals surface area contributed by atoms with Crippen LogP contribution in [0.1, 0.15) is 40.1 Å². The number of ether oxygens (including phenoxy) is 3. The van der Waals surface area contributed by atoms with Gasteiger partial charge in [0.2, 0.25) is 0 Å². The topological polar surface area (TPSA) is 61.8 Å². The molecule has 2 aromatic rings. The first-order chi connectivity index (χ1) is 12.5. The Kier molecular flexibility index (Phi) is 7.09. The fraction of sp³-hybridized carbons (Fsp3) is 0.300. The standard InChI is InChI=1S/C20H22O5S/c1-5-24-18-9-6-14(13(2)21)10-15(18)12-25-20(22)17-8-7-16(26-4)11-19(17)23-3/h6-11H,5,12H2,1-4H3. The zero-order valence-electron chi connectivity index (χ0n) is 15.3. The molecule has 0 aliphatic carbocycles. The lowest BCUT2D eigenvalue weighted by atomic mass is 10.1. The molecular formula is C20H22O5S. The summed E-state index contributed by atoms with van der Waals surface area (Å²) < 4.78 is 16.3. The number of benzene rings is 2. The second-order valence-electron chi connectivity index (χ2n) is 5.45. The van der Waals surface area contributed by atoms with Crippen molar-refractivity contribution < 1.29 is 23.8 Å². The van der Waals surface area contributed by atoms with Crippen LogP contribution in [0, 0.1) is 0 Å². The Bertz CT molecular complexity index is 801. The van der Waals surface area contributed by atoms with Crippen molar-refractivity contribution in [3.63, 3.8) is 0 Å². The summed E-state index contributed by atoms with van der Waals surface area (Å²) in [5, 5.41) is 0. The summed E-state index contributed by atoms with van der Waals surface area (Å²) in [6.07, 6.45) is 1.95. The van der Waals surface area contributed by atoms with Crippen LogP contribution in [0.4, 0.5) is 0 Å². The molecule has 0 aliphatic heterocycles. The highest BCUT2D eigenvalue weighted by Crippen LogP contribution is 2.27. The first-order valence-electron chi connectivity index (χ1n) is 8.16. The Morgan fingerprint density at radius 2 is 1.85 bits per heavy atom. The van der Waals surface area contributed by atoms with Crippen molar-refractivity contribution in [2.24, 2.45) is 0 Å². The molecule has 5 nitrogen and oxygen atoms in total. The maximum atomic E-state index is 12.5. The second-order valence-corrected chi connectivity index (χ2v) is 6.33. The van der Waals surface area contributed by atoms with Gasteiger partial charge in [-0.1, -0.05) is 0 Å². The molecule has 0 amide bonds. The second kappa shape index (κ2) is 9.29. The van der Waals surface area contributed by atoms with Crippen LogP contribution in [-0.2, 0) is 11.3 Å². The van der Waals surface area contributed by atoms with Gasteiger partial charge in [0.25, 0.3) is 0 Å². The number of hydrogen-bond donors (Lipinski definition) is 0. The third kappa shape index (κ3) is 4.79. The number of thioether (sulfide) groups is 1.